The summed E-state index contributed by atoms with van der Waals surface area (Å²) in [6.07, 6.45) is 4.75. The Morgan fingerprint density at radius 1 is 0.298 bits per heavy atom. The van der Waals surface area contributed by atoms with Gasteiger partial charge in [0.2, 0.25) is 0 Å². The van der Waals surface area contributed by atoms with Crippen LogP contribution in [0.5, 0.6) is 0 Å². The summed E-state index contributed by atoms with van der Waals surface area (Å²) in [7, 11) is 0. The summed E-state index contributed by atoms with van der Waals surface area (Å²) in [5.41, 5.74) is 33.3. The van der Waals surface area contributed by atoms with Gasteiger partial charge in [-0.2, -0.15) is 0 Å². The second-order valence-electron chi connectivity index (χ2n) is 32.7. The van der Waals surface area contributed by atoms with Crippen molar-refractivity contribution in [3.8, 4) is 50.2 Å². The Morgan fingerprint density at radius 3 is 1.29 bits per heavy atom. The lowest BCUT2D eigenvalue weighted by Crippen LogP contribution is -2.61. The zero-order chi connectivity index (χ0) is 65.2. The number of anilines is 6. The zero-order valence-corrected chi connectivity index (χ0v) is 57.7. The normalized spacial score (nSPS) is 16.5. The first-order valence-corrected chi connectivity index (χ1v) is 34.6. The summed E-state index contributed by atoms with van der Waals surface area (Å²) in [6, 6.07) is 90.0. The molecule has 0 spiro atoms. The standard InChI is InChI=1S/C90H88BN3/c1-85(2,3)65-33-24-58(25-34-65)63-32-44-80-77(52-63)91-76-43-40-69(94-78-23-19-18-22-70(78)71-55-66(86(4,5)6)35-45-79(71)94)56-81(76)93(68-38-28-60(29-39-68)62-31-42-73-75(51-62)90(13,14)49-47-88(73,9)10)83-54-64(57-20-16-15-17-21-57)53-82(84(83)91)92(80)67-36-26-59(27-37-67)61-30-41-72-74(50-61)89(11,12)48-46-87(72,7)8/h15-45,50-56H,46-49H2,1-14H3. The number of benzene rings is 11. The van der Waals surface area contributed by atoms with Crippen molar-refractivity contribution in [2.24, 2.45) is 0 Å². The molecule has 3 nitrogen and oxygen atoms in total. The molecule has 0 saturated carbocycles. The molecule has 0 fully saturated rings. The molecule has 2 aliphatic heterocycles. The highest BCUT2D eigenvalue weighted by Crippen LogP contribution is 2.52. The molecular weight excluding hydrogens is 1130 g/mol. The van der Waals surface area contributed by atoms with Crippen LogP contribution in [0.25, 0.3) is 72.0 Å². The van der Waals surface area contributed by atoms with Gasteiger partial charge in [0.25, 0.3) is 6.71 Å². The number of aromatic nitrogens is 1. The first-order chi connectivity index (χ1) is 44.8. The fourth-order valence-electron chi connectivity index (χ4n) is 16.7. The minimum absolute atomic E-state index is 0.000189. The number of nitrogens with zero attached hydrogens (tertiary/aromatic N) is 3. The first kappa shape index (κ1) is 59.9. The largest absolute Gasteiger partial charge is 0.311 e. The van der Waals surface area contributed by atoms with Crippen LogP contribution in [-0.4, -0.2) is 11.3 Å². The average Bonchev–Trinajstić information content (AvgIpc) is 0.707. The molecular formula is C90H88BN3. The Bertz CT molecular complexity index is 5020. The van der Waals surface area contributed by atoms with E-state index in [-0.39, 0.29) is 39.2 Å². The molecule has 2 aliphatic carbocycles. The molecule has 0 radical (unpaired) electrons. The van der Waals surface area contributed by atoms with Gasteiger partial charge in [-0.25, -0.2) is 0 Å². The molecule has 1 aromatic heterocycles. The predicted octanol–water partition coefficient (Wildman–Crippen LogP) is 22.8. The highest BCUT2D eigenvalue weighted by molar-refractivity contribution is 7.00. The number of fused-ring (bicyclic) bond motifs is 9. The Labute approximate surface area is 559 Å². The lowest BCUT2D eigenvalue weighted by atomic mass is 9.33. The van der Waals surface area contributed by atoms with Gasteiger partial charge in [0.05, 0.1) is 11.0 Å². The van der Waals surface area contributed by atoms with E-state index in [0.717, 1.165) is 17.1 Å². The molecule has 0 unspecified atom stereocenters. The highest BCUT2D eigenvalue weighted by atomic mass is 15.2. The van der Waals surface area contributed by atoms with Crippen LogP contribution < -0.4 is 26.2 Å². The Kier molecular flexibility index (Phi) is 13.5. The molecule has 0 bridgehead atoms. The molecule has 0 saturated heterocycles. The van der Waals surface area contributed by atoms with Gasteiger partial charge in [0.15, 0.2) is 0 Å². The maximum Gasteiger partial charge on any atom is 0.252 e. The summed E-state index contributed by atoms with van der Waals surface area (Å²) in [6.45, 7) is 33.2. The van der Waals surface area contributed by atoms with Crippen molar-refractivity contribution in [3.63, 3.8) is 0 Å². The van der Waals surface area contributed by atoms with E-state index in [2.05, 4.69) is 342 Å². The van der Waals surface area contributed by atoms with E-state index in [9.17, 15) is 0 Å². The van der Waals surface area contributed by atoms with E-state index >= 15 is 0 Å². The monoisotopic (exact) mass is 1220 g/mol. The van der Waals surface area contributed by atoms with Crippen molar-refractivity contribution in [2.75, 3.05) is 9.80 Å². The molecule has 94 heavy (non-hydrogen) atoms. The molecule has 11 aromatic carbocycles. The lowest BCUT2D eigenvalue weighted by Gasteiger charge is -2.44. The van der Waals surface area contributed by atoms with Crippen LogP contribution in [-0.2, 0) is 32.5 Å². The third kappa shape index (κ3) is 9.74. The number of para-hydroxylation sites is 1. The Balaban J connectivity index is 0.942. The second-order valence-corrected chi connectivity index (χ2v) is 32.7. The van der Waals surface area contributed by atoms with Gasteiger partial charge in [0.1, 0.15) is 0 Å². The number of hydrogen-bond acceptors (Lipinski definition) is 2. The minimum Gasteiger partial charge on any atom is -0.311 e. The molecule has 0 atom stereocenters. The van der Waals surface area contributed by atoms with Crippen molar-refractivity contribution in [1.82, 2.24) is 4.57 Å². The lowest BCUT2D eigenvalue weighted by molar-refractivity contribution is 0.332. The molecule has 4 aliphatic rings. The molecule has 3 heterocycles. The smallest absolute Gasteiger partial charge is 0.252 e. The van der Waals surface area contributed by atoms with Crippen molar-refractivity contribution in [3.05, 3.63) is 264 Å². The summed E-state index contributed by atoms with van der Waals surface area (Å²) in [5.74, 6) is 0. The number of rotatable bonds is 7. The SMILES string of the molecule is CC(C)(C)c1ccc(-c2ccc3c(c2)B2c4ccc(-n5c6ccccc6c6cc(C(C)(C)C)ccc65)cc4N(c4ccc(-c5ccc6c(c5)C(C)(C)CCC6(C)C)cc4)c4cc(-c5ccccc5)cc(c42)N3c2ccc(-c3ccc4c(c3)C(C)(C)CCC4(C)C)cc2)cc1. The Morgan fingerprint density at radius 2 is 0.734 bits per heavy atom. The molecule has 12 aromatic rings. The highest BCUT2D eigenvalue weighted by Gasteiger charge is 2.45. The fourth-order valence-corrected chi connectivity index (χ4v) is 16.7. The van der Waals surface area contributed by atoms with Crippen LogP contribution in [0.1, 0.15) is 156 Å². The van der Waals surface area contributed by atoms with Crippen LogP contribution in [0.15, 0.2) is 231 Å². The average molecular weight is 1220 g/mol. The van der Waals surface area contributed by atoms with E-state index in [1.807, 2.05) is 0 Å². The van der Waals surface area contributed by atoms with Crippen LogP contribution >= 0.6 is 0 Å². The van der Waals surface area contributed by atoms with Crippen molar-refractivity contribution >= 4 is 79.0 Å². The van der Waals surface area contributed by atoms with Gasteiger partial charge in [-0.3, -0.25) is 0 Å². The minimum atomic E-state index is -0.118. The van der Waals surface area contributed by atoms with Crippen molar-refractivity contribution < 1.29 is 0 Å². The van der Waals surface area contributed by atoms with Crippen LogP contribution in [0.3, 0.4) is 0 Å². The summed E-state index contributed by atoms with van der Waals surface area (Å²) < 4.78 is 2.52. The summed E-state index contributed by atoms with van der Waals surface area (Å²) in [5, 5.41) is 2.54. The van der Waals surface area contributed by atoms with Gasteiger partial charge in [-0.05, 0) is 225 Å². The third-order valence-corrected chi connectivity index (χ3v) is 22.7. The summed E-state index contributed by atoms with van der Waals surface area (Å²) in [4.78, 5) is 5.21. The summed E-state index contributed by atoms with van der Waals surface area (Å²) >= 11 is 0. The van der Waals surface area contributed by atoms with Crippen molar-refractivity contribution in [2.45, 2.75) is 155 Å². The van der Waals surface area contributed by atoms with Crippen LogP contribution in [0.2, 0.25) is 0 Å². The van der Waals surface area contributed by atoms with E-state index < -0.39 is 0 Å². The molecule has 0 N–H and O–H groups in total. The van der Waals surface area contributed by atoms with Gasteiger partial charge in [0, 0.05) is 50.6 Å². The predicted molar refractivity (Wildman–Crippen MR) is 405 cm³/mol. The van der Waals surface area contributed by atoms with Gasteiger partial charge in [-0.1, -0.05) is 255 Å². The fraction of sp³-hybridized carbons (Fsp3) is 0.267. The van der Waals surface area contributed by atoms with Crippen LogP contribution in [0.4, 0.5) is 34.1 Å². The third-order valence-electron chi connectivity index (χ3n) is 22.7. The van der Waals surface area contributed by atoms with E-state index in [1.54, 1.807) is 0 Å². The van der Waals surface area contributed by atoms with E-state index in [1.165, 1.54) is 165 Å². The second kappa shape index (κ2) is 21.2. The van der Waals surface area contributed by atoms with Gasteiger partial charge >= 0.3 is 0 Å². The first-order valence-electron chi connectivity index (χ1n) is 34.6. The molecule has 466 valence electrons. The maximum atomic E-state index is 2.62. The van der Waals surface area contributed by atoms with Crippen molar-refractivity contribution in [1.29, 1.82) is 0 Å². The molecule has 4 heteroatoms. The maximum absolute atomic E-state index is 2.62. The Hall–Kier alpha value is -9.12. The van der Waals surface area contributed by atoms with Gasteiger partial charge < -0.3 is 14.4 Å². The quantitative estimate of drug-likeness (QED) is 0.147. The molecule has 16 rings (SSSR count). The van der Waals surface area contributed by atoms with E-state index in [0.29, 0.717) is 0 Å². The topological polar surface area (TPSA) is 11.4 Å². The van der Waals surface area contributed by atoms with E-state index in [4.69, 9.17) is 0 Å². The van der Waals surface area contributed by atoms with Crippen LogP contribution in [0, 0.1) is 0 Å². The molecule has 0 amide bonds. The number of hydrogen-bond donors (Lipinski definition) is 0. The van der Waals surface area contributed by atoms with Gasteiger partial charge in [-0.15, -0.1) is 0 Å². The zero-order valence-electron chi connectivity index (χ0n) is 57.7.